The molecule has 5 N–H and O–H groups in total. The highest BCUT2D eigenvalue weighted by molar-refractivity contribution is 7.70. The smallest absolute Gasteiger partial charge is 0.324 e. The molecule has 0 saturated heterocycles. The van der Waals surface area contributed by atoms with E-state index in [2.05, 4.69) is 0 Å². The SMILES string of the molecule is CCCCCC(=N)CC(P(=O)(O)O)P(=O)(O)O. The Labute approximate surface area is 100 Å². The van der Waals surface area contributed by atoms with E-state index in [0.29, 0.717) is 12.8 Å². The summed E-state index contributed by atoms with van der Waals surface area (Å²) in [5.74, 6) is 0. The molecular weight excluding hydrogens is 268 g/mol. The van der Waals surface area contributed by atoms with Crippen LogP contribution in [0.5, 0.6) is 0 Å². The lowest BCUT2D eigenvalue weighted by Crippen LogP contribution is -2.14. The third-order valence-corrected chi connectivity index (χ3v) is 6.01. The van der Waals surface area contributed by atoms with Crippen molar-refractivity contribution in [2.24, 2.45) is 0 Å². The maximum absolute atomic E-state index is 10.9. The van der Waals surface area contributed by atoms with Crippen LogP contribution in [0.25, 0.3) is 0 Å². The first-order valence-corrected chi connectivity index (χ1v) is 8.62. The Balaban J connectivity index is 4.53. The van der Waals surface area contributed by atoms with Gasteiger partial charge >= 0.3 is 15.2 Å². The Morgan fingerprint density at radius 1 is 1.12 bits per heavy atom. The molecule has 17 heavy (non-hydrogen) atoms. The van der Waals surface area contributed by atoms with Gasteiger partial charge in [-0.2, -0.15) is 0 Å². The van der Waals surface area contributed by atoms with Gasteiger partial charge in [-0.05, 0) is 12.8 Å². The first-order valence-electron chi connectivity index (χ1n) is 5.25. The van der Waals surface area contributed by atoms with E-state index >= 15 is 0 Å². The molecule has 0 saturated carbocycles. The van der Waals surface area contributed by atoms with Crippen LogP contribution in [0.1, 0.15) is 39.0 Å². The zero-order valence-corrected chi connectivity index (χ0v) is 11.4. The molecule has 0 unspecified atom stereocenters. The van der Waals surface area contributed by atoms with Gasteiger partial charge in [-0.25, -0.2) is 0 Å². The van der Waals surface area contributed by atoms with Crippen LogP contribution in [0, 0.1) is 5.41 Å². The molecule has 0 aromatic rings. The summed E-state index contributed by atoms with van der Waals surface area (Å²) in [5.41, 5.74) is -0.0323. The Kier molecular flexibility index (Phi) is 6.77. The van der Waals surface area contributed by atoms with Gasteiger partial charge in [0.15, 0.2) is 5.40 Å². The summed E-state index contributed by atoms with van der Waals surface area (Å²) >= 11 is 0. The summed E-state index contributed by atoms with van der Waals surface area (Å²) < 4.78 is 21.9. The number of unbranched alkanes of at least 4 members (excludes halogenated alkanes) is 2. The van der Waals surface area contributed by atoms with E-state index in [-0.39, 0.29) is 5.71 Å². The molecule has 0 aliphatic carbocycles. The number of nitrogens with one attached hydrogen (secondary N) is 1. The van der Waals surface area contributed by atoms with Crippen molar-refractivity contribution in [3.8, 4) is 0 Å². The fourth-order valence-corrected chi connectivity index (χ4v) is 3.83. The Morgan fingerprint density at radius 3 is 1.94 bits per heavy atom. The van der Waals surface area contributed by atoms with Crippen LogP contribution in [0.15, 0.2) is 0 Å². The van der Waals surface area contributed by atoms with Gasteiger partial charge in [-0.15, -0.1) is 0 Å². The van der Waals surface area contributed by atoms with Gasteiger partial charge in [0.1, 0.15) is 0 Å². The van der Waals surface area contributed by atoms with E-state index in [0.717, 1.165) is 12.8 Å². The topological polar surface area (TPSA) is 139 Å². The van der Waals surface area contributed by atoms with Gasteiger partial charge in [0.25, 0.3) is 0 Å². The third-order valence-electron chi connectivity index (χ3n) is 2.29. The maximum Gasteiger partial charge on any atom is 0.341 e. The molecule has 9 heteroatoms. The van der Waals surface area contributed by atoms with Crippen LogP contribution in [0.2, 0.25) is 0 Å². The molecule has 0 rings (SSSR count). The summed E-state index contributed by atoms with van der Waals surface area (Å²) in [7, 11) is -9.79. The largest absolute Gasteiger partial charge is 0.341 e. The van der Waals surface area contributed by atoms with E-state index in [1.54, 1.807) is 0 Å². The zero-order valence-electron chi connectivity index (χ0n) is 9.61. The average molecular weight is 287 g/mol. The summed E-state index contributed by atoms with van der Waals surface area (Å²) in [4.78, 5) is 35.4. The van der Waals surface area contributed by atoms with E-state index in [1.165, 1.54) is 0 Å². The normalized spacial score (nSPS) is 13.1. The molecule has 0 aromatic carbocycles. The zero-order chi connectivity index (χ0) is 13.7. The molecule has 0 spiro atoms. The average Bonchev–Trinajstić information content (AvgIpc) is 2.11. The monoisotopic (exact) mass is 287 g/mol. The van der Waals surface area contributed by atoms with E-state index in [9.17, 15) is 9.13 Å². The van der Waals surface area contributed by atoms with Crippen molar-refractivity contribution < 1.29 is 28.7 Å². The summed E-state index contributed by atoms with van der Waals surface area (Å²) in [6.45, 7) is 1.97. The van der Waals surface area contributed by atoms with Gasteiger partial charge in [0.2, 0.25) is 0 Å². The van der Waals surface area contributed by atoms with Gasteiger partial charge in [-0.3, -0.25) is 9.13 Å². The fourth-order valence-electron chi connectivity index (χ4n) is 1.34. The first-order chi connectivity index (χ1) is 7.59. The lowest BCUT2D eigenvalue weighted by molar-refractivity contribution is 0.339. The highest BCUT2D eigenvalue weighted by Crippen LogP contribution is 2.61. The molecule has 0 aliphatic rings. The molecule has 0 fully saturated rings. The van der Waals surface area contributed by atoms with Crippen molar-refractivity contribution in [2.45, 2.75) is 44.4 Å². The number of hydrogen-bond acceptors (Lipinski definition) is 3. The van der Waals surface area contributed by atoms with Crippen molar-refractivity contribution in [3.05, 3.63) is 0 Å². The highest BCUT2D eigenvalue weighted by atomic mass is 31.2. The minimum Gasteiger partial charge on any atom is -0.324 e. The van der Waals surface area contributed by atoms with E-state index in [1.807, 2.05) is 6.92 Å². The Morgan fingerprint density at radius 2 is 1.59 bits per heavy atom. The molecule has 102 valence electrons. The molecular formula is C8H19NO6P2. The standard InChI is InChI=1S/C8H19NO6P2/c1-2-3-4-5-7(9)6-8(16(10,11)12)17(13,14)15/h8-9H,2-6H2,1H3,(H2,10,11,12)(H2,13,14,15). The summed E-state index contributed by atoms with van der Waals surface area (Å²) in [6, 6.07) is 0. The minimum absolute atomic E-state index is 0.0323. The van der Waals surface area contributed by atoms with Crippen LogP contribution >= 0.6 is 15.2 Å². The minimum atomic E-state index is -4.89. The van der Waals surface area contributed by atoms with Crippen molar-refractivity contribution >= 4 is 20.9 Å². The Bertz CT molecular complexity index is 324. The van der Waals surface area contributed by atoms with Crippen LogP contribution in [-0.2, 0) is 9.13 Å². The lowest BCUT2D eigenvalue weighted by Gasteiger charge is -2.19. The number of rotatable bonds is 8. The third kappa shape index (κ3) is 7.09. The molecule has 0 aliphatic heterocycles. The van der Waals surface area contributed by atoms with Crippen LogP contribution < -0.4 is 0 Å². The van der Waals surface area contributed by atoms with Crippen molar-refractivity contribution in [3.63, 3.8) is 0 Å². The predicted octanol–water partition coefficient (Wildman–Crippen LogP) is 1.66. The quantitative estimate of drug-likeness (QED) is 0.261. The Hall–Kier alpha value is -0.0300. The molecule has 0 amide bonds. The van der Waals surface area contributed by atoms with Crippen LogP contribution in [0.3, 0.4) is 0 Å². The second-order valence-electron chi connectivity index (χ2n) is 3.92. The van der Waals surface area contributed by atoms with Crippen molar-refractivity contribution in [2.75, 3.05) is 0 Å². The van der Waals surface area contributed by atoms with Crippen molar-refractivity contribution in [1.29, 1.82) is 5.41 Å². The molecule has 0 bridgehead atoms. The molecule has 0 radical (unpaired) electrons. The van der Waals surface area contributed by atoms with E-state index < -0.39 is 27.0 Å². The van der Waals surface area contributed by atoms with Gasteiger partial charge in [0.05, 0.1) is 0 Å². The van der Waals surface area contributed by atoms with Gasteiger partial charge in [-0.1, -0.05) is 19.8 Å². The summed E-state index contributed by atoms with van der Waals surface area (Å²) in [5, 5.41) is 5.39. The molecule has 0 heterocycles. The first kappa shape index (κ1) is 17.0. The highest BCUT2D eigenvalue weighted by Gasteiger charge is 2.43. The molecule has 7 nitrogen and oxygen atoms in total. The van der Waals surface area contributed by atoms with Crippen LogP contribution in [-0.4, -0.2) is 30.7 Å². The van der Waals surface area contributed by atoms with Gasteiger partial charge < -0.3 is 25.0 Å². The fraction of sp³-hybridized carbons (Fsp3) is 0.875. The molecule has 0 atom stereocenters. The second-order valence-corrected chi connectivity index (χ2v) is 7.93. The second kappa shape index (κ2) is 6.78. The molecule has 0 aromatic heterocycles. The van der Waals surface area contributed by atoms with Crippen LogP contribution in [0.4, 0.5) is 0 Å². The number of hydrogen-bond donors (Lipinski definition) is 5. The lowest BCUT2D eigenvalue weighted by atomic mass is 10.1. The van der Waals surface area contributed by atoms with E-state index in [4.69, 9.17) is 25.0 Å². The summed E-state index contributed by atoms with van der Waals surface area (Å²) in [6.07, 6.45) is 2.25. The maximum atomic E-state index is 10.9. The predicted molar refractivity (Wildman–Crippen MR) is 64.4 cm³/mol. The van der Waals surface area contributed by atoms with Crippen molar-refractivity contribution in [1.82, 2.24) is 0 Å². The van der Waals surface area contributed by atoms with Gasteiger partial charge in [0, 0.05) is 12.1 Å².